The lowest BCUT2D eigenvalue weighted by molar-refractivity contribution is 0.811. The minimum absolute atomic E-state index is 0.692. The Balaban J connectivity index is 2.22. The lowest BCUT2D eigenvalue weighted by Crippen LogP contribution is -2.01. The summed E-state index contributed by atoms with van der Waals surface area (Å²) in [6.45, 7) is 0.692. The molecule has 0 spiro atoms. The zero-order chi connectivity index (χ0) is 11.2. The molecule has 0 fully saturated rings. The monoisotopic (exact) mass is 214 g/mol. The maximum absolute atomic E-state index is 5.48. The molecule has 0 saturated heterocycles. The second-order valence-electron chi connectivity index (χ2n) is 3.52. The Morgan fingerprint density at radius 1 is 1.12 bits per heavy atom. The van der Waals surface area contributed by atoms with Crippen LogP contribution in [-0.2, 0) is 6.42 Å². The summed E-state index contributed by atoms with van der Waals surface area (Å²) < 4.78 is 0. The van der Waals surface area contributed by atoms with Crippen molar-refractivity contribution in [1.29, 1.82) is 0 Å². The molecule has 0 saturated carbocycles. The standard InChI is InChI=1S/C12H14N4/c13-4-1-2-11-8-10(3-5-15-11)12-9-14-6-7-16-12/h3,5-9H,1-2,4,13H2. The van der Waals surface area contributed by atoms with Gasteiger partial charge in [0.1, 0.15) is 0 Å². The Bertz CT molecular complexity index is 442. The van der Waals surface area contributed by atoms with Crippen LogP contribution in [0.2, 0.25) is 0 Å². The fraction of sp³-hybridized carbons (Fsp3) is 0.250. The largest absolute Gasteiger partial charge is 0.330 e. The van der Waals surface area contributed by atoms with Gasteiger partial charge in [0.2, 0.25) is 0 Å². The molecule has 0 bridgehead atoms. The molecule has 4 nitrogen and oxygen atoms in total. The first-order valence-electron chi connectivity index (χ1n) is 5.31. The number of hydrogen-bond donors (Lipinski definition) is 1. The maximum Gasteiger partial charge on any atom is 0.0886 e. The van der Waals surface area contributed by atoms with Crippen molar-refractivity contribution in [1.82, 2.24) is 15.0 Å². The van der Waals surface area contributed by atoms with Gasteiger partial charge in [-0.3, -0.25) is 15.0 Å². The number of aromatic nitrogens is 3. The van der Waals surface area contributed by atoms with Crippen molar-refractivity contribution < 1.29 is 0 Å². The van der Waals surface area contributed by atoms with Crippen molar-refractivity contribution in [3.8, 4) is 11.3 Å². The van der Waals surface area contributed by atoms with Gasteiger partial charge < -0.3 is 5.73 Å². The summed E-state index contributed by atoms with van der Waals surface area (Å²) >= 11 is 0. The van der Waals surface area contributed by atoms with Crippen LogP contribution in [0.25, 0.3) is 11.3 Å². The fourth-order valence-electron chi connectivity index (χ4n) is 1.51. The van der Waals surface area contributed by atoms with E-state index in [0.29, 0.717) is 6.54 Å². The van der Waals surface area contributed by atoms with Crippen molar-refractivity contribution in [3.05, 3.63) is 42.6 Å². The summed E-state index contributed by atoms with van der Waals surface area (Å²) in [6.07, 6.45) is 8.77. The third kappa shape index (κ3) is 2.61. The number of aryl methyl sites for hydroxylation is 1. The first kappa shape index (κ1) is 10.7. The van der Waals surface area contributed by atoms with Gasteiger partial charge in [0.05, 0.1) is 11.9 Å². The van der Waals surface area contributed by atoms with Crippen molar-refractivity contribution in [2.45, 2.75) is 12.8 Å². The van der Waals surface area contributed by atoms with Gasteiger partial charge in [0.15, 0.2) is 0 Å². The van der Waals surface area contributed by atoms with Gasteiger partial charge in [0, 0.05) is 29.8 Å². The molecular weight excluding hydrogens is 200 g/mol. The molecule has 2 aromatic heterocycles. The van der Waals surface area contributed by atoms with Gasteiger partial charge in [-0.2, -0.15) is 0 Å². The lowest BCUT2D eigenvalue weighted by atomic mass is 10.1. The number of hydrogen-bond acceptors (Lipinski definition) is 4. The highest BCUT2D eigenvalue weighted by Crippen LogP contribution is 2.15. The molecule has 0 atom stereocenters. The molecule has 4 heteroatoms. The summed E-state index contributed by atoms with van der Waals surface area (Å²) in [5.41, 5.74) is 8.45. The summed E-state index contributed by atoms with van der Waals surface area (Å²) in [4.78, 5) is 12.6. The van der Waals surface area contributed by atoms with Gasteiger partial charge in [-0.15, -0.1) is 0 Å². The van der Waals surface area contributed by atoms with E-state index in [4.69, 9.17) is 5.73 Å². The molecule has 0 radical (unpaired) electrons. The van der Waals surface area contributed by atoms with Crippen LogP contribution in [0.4, 0.5) is 0 Å². The predicted molar refractivity (Wildman–Crippen MR) is 62.6 cm³/mol. The topological polar surface area (TPSA) is 64.7 Å². The molecule has 2 heterocycles. The number of nitrogens with zero attached hydrogens (tertiary/aromatic N) is 3. The third-order valence-electron chi connectivity index (χ3n) is 2.31. The predicted octanol–water partition coefficient (Wildman–Crippen LogP) is 1.43. The molecule has 0 aliphatic rings. The highest BCUT2D eigenvalue weighted by molar-refractivity contribution is 5.57. The van der Waals surface area contributed by atoms with E-state index >= 15 is 0 Å². The van der Waals surface area contributed by atoms with Crippen LogP contribution in [0.5, 0.6) is 0 Å². The van der Waals surface area contributed by atoms with E-state index in [1.807, 2.05) is 12.1 Å². The van der Waals surface area contributed by atoms with E-state index in [0.717, 1.165) is 29.8 Å². The van der Waals surface area contributed by atoms with E-state index in [-0.39, 0.29) is 0 Å². The zero-order valence-electron chi connectivity index (χ0n) is 9.00. The lowest BCUT2D eigenvalue weighted by Gasteiger charge is -2.02. The highest BCUT2D eigenvalue weighted by atomic mass is 14.8. The van der Waals surface area contributed by atoms with Crippen LogP contribution < -0.4 is 5.73 Å². The Labute approximate surface area is 94.6 Å². The zero-order valence-corrected chi connectivity index (χ0v) is 9.00. The third-order valence-corrected chi connectivity index (χ3v) is 2.31. The molecule has 82 valence electrons. The first-order valence-corrected chi connectivity index (χ1v) is 5.31. The van der Waals surface area contributed by atoms with E-state index in [1.54, 1.807) is 24.8 Å². The van der Waals surface area contributed by atoms with Crippen molar-refractivity contribution >= 4 is 0 Å². The van der Waals surface area contributed by atoms with Gasteiger partial charge in [0.25, 0.3) is 0 Å². The fourth-order valence-corrected chi connectivity index (χ4v) is 1.51. The average molecular weight is 214 g/mol. The van der Waals surface area contributed by atoms with E-state index in [1.165, 1.54) is 0 Å². The summed E-state index contributed by atoms with van der Waals surface area (Å²) in [7, 11) is 0. The van der Waals surface area contributed by atoms with Gasteiger partial charge in [-0.1, -0.05) is 0 Å². The SMILES string of the molecule is NCCCc1cc(-c2cnccn2)ccn1. The van der Waals surface area contributed by atoms with Gasteiger partial charge in [-0.05, 0) is 31.5 Å². The second-order valence-corrected chi connectivity index (χ2v) is 3.52. The number of nitrogens with two attached hydrogens (primary N) is 1. The average Bonchev–Trinajstić information content (AvgIpc) is 2.38. The van der Waals surface area contributed by atoms with Gasteiger partial charge in [-0.25, -0.2) is 0 Å². The Hall–Kier alpha value is -1.81. The van der Waals surface area contributed by atoms with Crippen molar-refractivity contribution in [2.75, 3.05) is 6.54 Å². The minimum Gasteiger partial charge on any atom is -0.330 e. The molecule has 0 amide bonds. The Kier molecular flexibility index (Phi) is 3.56. The first-order chi connectivity index (χ1) is 7.90. The number of rotatable bonds is 4. The molecule has 0 unspecified atom stereocenters. The van der Waals surface area contributed by atoms with Crippen LogP contribution in [0.3, 0.4) is 0 Å². The molecule has 2 N–H and O–H groups in total. The normalized spacial score (nSPS) is 10.3. The van der Waals surface area contributed by atoms with E-state index in [2.05, 4.69) is 15.0 Å². The quantitative estimate of drug-likeness (QED) is 0.836. The van der Waals surface area contributed by atoms with Crippen LogP contribution >= 0.6 is 0 Å². The summed E-state index contributed by atoms with van der Waals surface area (Å²) in [5, 5.41) is 0. The van der Waals surface area contributed by atoms with Crippen LogP contribution in [-0.4, -0.2) is 21.5 Å². The molecule has 0 aliphatic heterocycles. The molecular formula is C12H14N4. The Morgan fingerprint density at radius 3 is 2.81 bits per heavy atom. The van der Waals surface area contributed by atoms with Crippen LogP contribution in [0.15, 0.2) is 36.9 Å². The van der Waals surface area contributed by atoms with E-state index in [9.17, 15) is 0 Å². The minimum atomic E-state index is 0.692. The summed E-state index contributed by atoms with van der Waals surface area (Å²) in [5.74, 6) is 0. The number of pyridine rings is 1. The van der Waals surface area contributed by atoms with Gasteiger partial charge >= 0.3 is 0 Å². The maximum atomic E-state index is 5.48. The highest BCUT2D eigenvalue weighted by Gasteiger charge is 2.01. The van der Waals surface area contributed by atoms with Crippen molar-refractivity contribution in [2.24, 2.45) is 5.73 Å². The smallest absolute Gasteiger partial charge is 0.0886 e. The molecule has 0 aliphatic carbocycles. The Morgan fingerprint density at radius 2 is 2.06 bits per heavy atom. The van der Waals surface area contributed by atoms with Crippen LogP contribution in [0.1, 0.15) is 12.1 Å². The molecule has 0 aromatic carbocycles. The van der Waals surface area contributed by atoms with E-state index < -0.39 is 0 Å². The molecule has 16 heavy (non-hydrogen) atoms. The van der Waals surface area contributed by atoms with Crippen LogP contribution in [0, 0.1) is 0 Å². The summed E-state index contributed by atoms with van der Waals surface area (Å²) in [6, 6.07) is 3.98. The molecule has 2 rings (SSSR count). The van der Waals surface area contributed by atoms with Crippen molar-refractivity contribution in [3.63, 3.8) is 0 Å². The second kappa shape index (κ2) is 5.32. The molecule has 2 aromatic rings.